The Morgan fingerprint density at radius 2 is 2.00 bits per heavy atom. The molecule has 3 N–H and O–H groups in total. The lowest BCUT2D eigenvalue weighted by Crippen LogP contribution is -2.42. The van der Waals surface area contributed by atoms with E-state index >= 15 is 0 Å². The van der Waals surface area contributed by atoms with Crippen LogP contribution in [-0.4, -0.2) is 38.5 Å². The molecule has 0 bridgehead atoms. The van der Waals surface area contributed by atoms with Gasteiger partial charge in [-0.3, -0.25) is 9.79 Å². The van der Waals surface area contributed by atoms with Crippen molar-refractivity contribution in [2.24, 2.45) is 10.9 Å². The molecule has 0 aromatic carbocycles. The second-order valence-corrected chi connectivity index (χ2v) is 4.82. The molecule has 0 saturated heterocycles. The van der Waals surface area contributed by atoms with Gasteiger partial charge >= 0.3 is 0 Å². The summed E-state index contributed by atoms with van der Waals surface area (Å²) >= 11 is 0. The number of guanidine groups is 1. The number of hydrogen-bond acceptors (Lipinski definition) is 3. The lowest BCUT2D eigenvalue weighted by atomic mass is 10.3. The molecule has 1 fully saturated rings. The first kappa shape index (κ1) is 17.8. The van der Waals surface area contributed by atoms with Gasteiger partial charge in [0.2, 0.25) is 5.91 Å². The molecular weight excluding hydrogens is 383 g/mol. The van der Waals surface area contributed by atoms with Crippen molar-refractivity contribution in [1.29, 1.82) is 0 Å². The first-order chi connectivity index (χ1) is 9.79. The summed E-state index contributed by atoms with van der Waals surface area (Å²) in [6.45, 7) is 2.04. The molecule has 1 aromatic rings. The average molecular weight is 406 g/mol. The number of amides is 1. The molecule has 0 unspecified atom stereocenters. The Morgan fingerprint density at radius 3 is 2.62 bits per heavy atom. The van der Waals surface area contributed by atoms with Crippen LogP contribution in [0.3, 0.4) is 0 Å². The van der Waals surface area contributed by atoms with E-state index in [1.807, 2.05) is 12.1 Å². The van der Waals surface area contributed by atoms with Gasteiger partial charge in [-0.15, -0.1) is 24.0 Å². The van der Waals surface area contributed by atoms with E-state index in [0.717, 1.165) is 37.5 Å². The monoisotopic (exact) mass is 406 g/mol. The standard InChI is InChI=1S/C14H22N4O2.HI/c1-15-14(17-7-6-12-3-2-10-20-12)18-9-8-16-13(19)11-4-5-11;/h2-3,10-11H,4-9H2,1H3,(H,16,19)(H2,15,17,18);1H. The van der Waals surface area contributed by atoms with Crippen LogP contribution in [0.15, 0.2) is 27.8 Å². The van der Waals surface area contributed by atoms with Crippen molar-refractivity contribution in [3.63, 3.8) is 0 Å². The van der Waals surface area contributed by atoms with Crippen molar-refractivity contribution in [3.8, 4) is 0 Å². The lowest BCUT2D eigenvalue weighted by Gasteiger charge is -2.11. The number of nitrogens with one attached hydrogen (secondary N) is 3. The van der Waals surface area contributed by atoms with Crippen LogP contribution in [0.5, 0.6) is 0 Å². The molecule has 1 aromatic heterocycles. The highest BCUT2D eigenvalue weighted by atomic mass is 127. The second kappa shape index (κ2) is 9.64. The van der Waals surface area contributed by atoms with Crippen molar-refractivity contribution in [2.75, 3.05) is 26.7 Å². The van der Waals surface area contributed by atoms with Crippen LogP contribution in [0.2, 0.25) is 0 Å². The molecule has 2 rings (SSSR count). The summed E-state index contributed by atoms with van der Waals surface area (Å²) in [5.41, 5.74) is 0. The summed E-state index contributed by atoms with van der Waals surface area (Å²) < 4.78 is 5.25. The highest BCUT2D eigenvalue weighted by Crippen LogP contribution is 2.28. The van der Waals surface area contributed by atoms with Gasteiger partial charge in [-0.25, -0.2) is 0 Å². The highest BCUT2D eigenvalue weighted by molar-refractivity contribution is 14.0. The molecule has 118 valence electrons. The van der Waals surface area contributed by atoms with E-state index < -0.39 is 0 Å². The highest BCUT2D eigenvalue weighted by Gasteiger charge is 2.28. The number of aliphatic imine (C=N–C) groups is 1. The maximum Gasteiger partial charge on any atom is 0.223 e. The Balaban J connectivity index is 0.00000220. The first-order valence-corrected chi connectivity index (χ1v) is 7.04. The molecular formula is C14H23IN4O2. The molecule has 0 radical (unpaired) electrons. The predicted octanol–water partition coefficient (Wildman–Crippen LogP) is 1.13. The third-order valence-electron chi connectivity index (χ3n) is 3.13. The first-order valence-electron chi connectivity index (χ1n) is 7.04. The van der Waals surface area contributed by atoms with Crippen molar-refractivity contribution in [2.45, 2.75) is 19.3 Å². The van der Waals surface area contributed by atoms with Gasteiger partial charge in [0.15, 0.2) is 5.96 Å². The van der Waals surface area contributed by atoms with E-state index in [-0.39, 0.29) is 35.8 Å². The van der Waals surface area contributed by atoms with Gasteiger partial charge in [0.25, 0.3) is 0 Å². The van der Waals surface area contributed by atoms with Gasteiger partial charge in [0, 0.05) is 39.0 Å². The number of nitrogens with zero attached hydrogens (tertiary/aromatic N) is 1. The summed E-state index contributed by atoms with van der Waals surface area (Å²) in [6, 6.07) is 3.83. The fourth-order valence-corrected chi connectivity index (χ4v) is 1.84. The molecule has 21 heavy (non-hydrogen) atoms. The zero-order valence-electron chi connectivity index (χ0n) is 12.2. The Hall–Kier alpha value is -1.25. The fraction of sp³-hybridized carbons (Fsp3) is 0.571. The Morgan fingerprint density at radius 1 is 1.29 bits per heavy atom. The molecule has 0 atom stereocenters. The topological polar surface area (TPSA) is 78.7 Å². The molecule has 1 heterocycles. The number of carbonyl (C=O) groups is 1. The minimum absolute atomic E-state index is 0. The van der Waals surface area contributed by atoms with E-state index in [0.29, 0.717) is 13.1 Å². The lowest BCUT2D eigenvalue weighted by molar-refractivity contribution is -0.122. The Labute approximate surface area is 142 Å². The summed E-state index contributed by atoms with van der Waals surface area (Å²) in [4.78, 5) is 15.5. The normalized spacial score (nSPS) is 14.2. The number of halogens is 1. The van der Waals surface area contributed by atoms with Crippen LogP contribution in [0.4, 0.5) is 0 Å². The predicted molar refractivity (Wildman–Crippen MR) is 92.9 cm³/mol. The van der Waals surface area contributed by atoms with E-state index in [1.165, 1.54) is 0 Å². The second-order valence-electron chi connectivity index (χ2n) is 4.82. The maximum absolute atomic E-state index is 11.4. The summed E-state index contributed by atoms with van der Waals surface area (Å²) in [5, 5.41) is 9.26. The van der Waals surface area contributed by atoms with Gasteiger partial charge < -0.3 is 20.4 Å². The Kier molecular flexibility index (Phi) is 8.17. The van der Waals surface area contributed by atoms with Crippen LogP contribution in [0.1, 0.15) is 18.6 Å². The molecule has 6 nitrogen and oxygen atoms in total. The number of hydrogen-bond donors (Lipinski definition) is 3. The molecule has 0 aliphatic heterocycles. The number of carbonyl (C=O) groups excluding carboxylic acids is 1. The van der Waals surface area contributed by atoms with Crippen LogP contribution in [-0.2, 0) is 11.2 Å². The van der Waals surface area contributed by atoms with Gasteiger partial charge in [-0.05, 0) is 25.0 Å². The zero-order valence-corrected chi connectivity index (χ0v) is 14.6. The van der Waals surface area contributed by atoms with E-state index in [1.54, 1.807) is 13.3 Å². The van der Waals surface area contributed by atoms with Crippen molar-refractivity contribution >= 4 is 35.8 Å². The molecule has 1 amide bonds. The third-order valence-corrected chi connectivity index (χ3v) is 3.13. The fourth-order valence-electron chi connectivity index (χ4n) is 1.84. The van der Waals surface area contributed by atoms with Gasteiger partial charge in [-0.1, -0.05) is 0 Å². The summed E-state index contributed by atoms with van der Waals surface area (Å²) in [7, 11) is 1.73. The summed E-state index contributed by atoms with van der Waals surface area (Å²) in [5.74, 6) is 2.12. The molecule has 0 spiro atoms. The molecule has 7 heteroatoms. The smallest absolute Gasteiger partial charge is 0.223 e. The maximum atomic E-state index is 11.4. The quantitative estimate of drug-likeness (QED) is 0.275. The largest absolute Gasteiger partial charge is 0.469 e. The minimum atomic E-state index is 0. The number of rotatable bonds is 7. The van der Waals surface area contributed by atoms with Gasteiger partial charge in [0.05, 0.1) is 6.26 Å². The van der Waals surface area contributed by atoms with Crippen LogP contribution >= 0.6 is 24.0 Å². The zero-order chi connectivity index (χ0) is 14.2. The SMILES string of the molecule is CN=C(NCCNC(=O)C1CC1)NCCc1ccco1.I. The van der Waals surface area contributed by atoms with Crippen molar-refractivity contribution in [3.05, 3.63) is 24.2 Å². The Bertz CT molecular complexity index is 444. The summed E-state index contributed by atoms with van der Waals surface area (Å²) in [6.07, 6.45) is 4.56. The van der Waals surface area contributed by atoms with E-state index in [2.05, 4.69) is 20.9 Å². The molecule has 1 aliphatic rings. The van der Waals surface area contributed by atoms with Crippen molar-refractivity contribution < 1.29 is 9.21 Å². The van der Waals surface area contributed by atoms with E-state index in [4.69, 9.17) is 4.42 Å². The molecule has 1 aliphatic carbocycles. The van der Waals surface area contributed by atoms with E-state index in [9.17, 15) is 4.79 Å². The molecule has 1 saturated carbocycles. The number of furan rings is 1. The van der Waals surface area contributed by atoms with Gasteiger partial charge in [-0.2, -0.15) is 0 Å². The van der Waals surface area contributed by atoms with Gasteiger partial charge in [0.1, 0.15) is 5.76 Å². The minimum Gasteiger partial charge on any atom is -0.469 e. The third kappa shape index (κ3) is 6.83. The average Bonchev–Trinajstić information content (AvgIpc) is 3.19. The van der Waals surface area contributed by atoms with Crippen molar-refractivity contribution in [1.82, 2.24) is 16.0 Å². The van der Waals surface area contributed by atoms with Crippen LogP contribution < -0.4 is 16.0 Å². The van der Waals surface area contributed by atoms with Crippen LogP contribution in [0.25, 0.3) is 0 Å². The van der Waals surface area contributed by atoms with Crippen LogP contribution in [0, 0.1) is 5.92 Å².